The number of carbonyl (C=O) groups is 1. The molecule has 15 heavy (non-hydrogen) atoms. The largest absolute Gasteiger partial charge is 0.480 e. The lowest BCUT2D eigenvalue weighted by molar-refractivity contribution is -0.139. The van der Waals surface area contributed by atoms with Crippen LogP contribution >= 0.6 is 0 Å². The quantitative estimate of drug-likeness (QED) is 0.548. The molecule has 0 spiro atoms. The standard InChI is InChI=1S/C12H19NO2/c1-2-7-11(12(14)15)13-10-8-5-3-4-6-9-10/h1,10-11,13H,3-9H2,(H,14,15). The molecule has 1 unspecified atom stereocenters. The van der Waals surface area contributed by atoms with Crippen LogP contribution in [0.2, 0.25) is 0 Å². The maximum absolute atomic E-state index is 10.9. The zero-order chi connectivity index (χ0) is 11.1. The maximum atomic E-state index is 10.9. The van der Waals surface area contributed by atoms with Crippen LogP contribution in [0, 0.1) is 12.3 Å². The second kappa shape index (κ2) is 6.47. The van der Waals surface area contributed by atoms with Gasteiger partial charge in [0.1, 0.15) is 6.04 Å². The van der Waals surface area contributed by atoms with Crippen molar-refractivity contribution in [1.29, 1.82) is 0 Å². The fourth-order valence-electron chi connectivity index (χ4n) is 2.07. The lowest BCUT2D eigenvalue weighted by atomic mass is 10.1. The molecule has 0 radical (unpaired) electrons. The number of rotatable bonds is 4. The minimum absolute atomic E-state index is 0.270. The van der Waals surface area contributed by atoms with Crippen molar-refractivity contribution >= 4 is 5.97 Å². The summed E-state index contributed by atoms with van der Waals surface area (Å²) in [5.74, 6) is 1.58. The molecule has 3 nitrogen and oxygen atoms in total. The van der Waals surface area contributed by atoms with Crippen LogP contribution in [0.15, 0.2) is 0 Å². The van der Waals surface area contributed by atoms with Gasteiger partial charge in [-0.15, -0.1) is 12.3 Å². The normalized spacial score (nSPS) is 20.2. The van der Waals surface area contributed by atoms with Crippen LogP contribution < -0.4 is 5.32 Å². The molecule has 0 aliphatic heterocycles. The van der Waals surface area contributed by atoms with Crippen molar-refractivity contribution in [1.82, 2.24) is 5.32 Å². The molecule has 1 fully saturated rings. The van der Waals surface area contributed by atoms with E-state index in [1.807, 2.05) is 0 Å². The van der Waals surface area contributed by atoms with Gasteiger partial charge in [-0.1, -0.05) is 25.7 Å². The monoisotopic (exact) mass is 209 g/mol. The van der Waals surface area contributed by atoms with Crippen molar-refractivity contribution in [2.45, 2.75) is 57.0 Å². The van der Waals surface area contributed by atoms with Crippen LogP contribution in [-0.4, -0.2) is 23.2 Å². The molecule has 1 atom stereocenters. The second-order valence-electron chi connectivity index (χ2n) is 4.15. The van der Waals surface area contributed by atoms with Gasteiger partial charge in [-0.3, -0.25) is 4.79 Å². The first-order chi connectivity index (χ1) is 7.24. The van der Waals surface area contributed by atoms with Gasteiger partial charge in [-0.2, -0.15) is 0 Å². The summed E-state index contributed by atoms with van der Waals surface area (Å²) < 4.78 is 0. The predicted octanol–water partition coefficient (Wildman–Crippen LogP) is 1.78. The summed E-state index contributed by atoms with van der Waals surface area (Å²) in [6.07, 6.45) is 12.5. The SMILES string of the molecule is C#CCC(NC1CCCCCC1)C(=O)O. The highest BCUT2D eigenvalue weighted by atomic mass is 16.4. The van der Waals surface area contributed by atoms with E-state index >= 15 is 0 Å². The summed E-state index contributed by atoms with van der Waals surface area (Å²) in [7, 11) is 0. The van der Waals surface area contributed by atoms with Crippen molar-refractivity contribution in [2.24, 2.45) is 0 Å². The average Bonchev–Trinajstić information content (AvgIpc) is 2.45. The van der Waals surface area contributed by atoms with Gasteiger partial charge in [0.2, 0.25) is 0 Å². The molecular weight excluding hydrogens is 190 g/mol. The Morgan fingerprint density at radius 1 is 1.40 bits per heavy atom. The van der Waals surface area contributed by atoms with E-state index in [1.54, 1.807) is 0 Å². The number of hydrogen-bond donors (Lipinski definition) is 2. The fraction of sp³-hybridized carbons (Fsp3) is 0.750. The Bertz CT molecular complexity index is 236. The number of nitrogens with one attached hydrogen (secondary N) is 1. The Hall–Kier alpha value is -1.01. The first-order valence-electron chi connectivity index (χ1n) is 5.66. The molecule has 1 aliphatic rings. The number of terminal acetylenes is 1. The maximum Gasteiger partial charge on any atom is 0.321 e. The Morgan fingerprint density at radius 2 is 2.00 bits per heavy atom. The van der Waals surface area contributed by atoms with Gasteiger partial charge in [0.05, 0.1) is 0 Å². The Kier molecular flexibility index (Phi) is 5.20. The lowest BCUT2D eigenvalue weighted by Crippen LogP contribution is -2.42. The van der Waals surface area contributed by atoms with Crippen LogP contribution in [0.25, 0.3) is 0 Å². The third-order valence-corrected chi connectivity index (χ3v) is 2.91. The molecule has 84 valence electrons. The summed E-state index contributed by atoms with van der Waals surface area (Å²) in [6, 6.07) is -0.236. The van der Waals surface area contributed by atoms with Gasteiger partial charge in [-0.05, 0) is 12.8 Å². The molecule has 3 heteroatoms. The van der Waals surface area contributed by atoms with Gasteiger partial charge in [0.15, 0.2) is 0 Å². The second-order valence-corrected chi connectivity index (χ2v) is 4.15. The van der Waals surface area contributed by atoms with Crippen molar-refractivity contribution in [3.8, 4) is 12.3 Å². The average molecular weight is 209 g/mol. The zero-order valence-electron chi connectivity index (χ0n) is 9.04. The van der Waals surface area contributed by atoms with Gasteiger partial charge in [0.25, 0.3) is 0 Å². The first kappa shape index (κ1) is 12.1. The van der Waals surface area contributed by atoms with Gasteiger partial charge >= 0.3 is 5.97 Å². The molecule has 0 saturated heterocycles. The molecule has 0 bridgehead atoms. The molecule has 0 amide bonds. The van der Waals surface area contributed by atoms with Crippen molar-refractivity contribution in [2.75, 3.05) is 0 Å². The minimum Gasteiger partial charge on any atom is -0.480 e. The fourth-order valence-corrected chi connectivity index (χ4v) is 2.07. The van der Waals surface area contributed by atoms with Crippen LogP contribution in [0.5, 0.6) is 0 Å². The highest BCUT2D eigenvalue weighted by Gasteiger charge is 2.21. The van der Waals surface area contributed by atoms with E-state index in [4.69, 9.17) is 11.5 Å². The van der Waals surface area contributed by atoms with Crippen molar-refractivity contribution in [3.05, 3.63) is 0 Å². The number of aliphatic carboxylic acids is 1. The third-order valence-electron chi connectivity index (χ3n) is 2.91. The zero-order valence-corrected chi connectivity index (χ0v) is 9.04. The van der Waals surface area contributed by atoms with Crippen molar-refractivity contribution < 1.29 is 9.90 Å². The summed E-state index contributed by atoms with van der Waals surface area (Å²) in [6.45, 7) is 0. The molecule has 0 aromatic rings. The molecule has 1 rings (SSSR count). The number of hydrogen-bond acceptors (Lipinski definition) is 2. The van der Waals surface area contributed by atoms with E-state index in [9.17, 15) is 4.79 Å². The number of carboxylic acids is 1. The molecule has 2 N–H and O–H groups in total. The van der Waals surface area contributed by atoms with E-state index in [2.05, 4.69) is 11.2 Å². The minimum atomic E-state index is -0.836. The Balaban J connectivity index is 2.41. The summed E-state index contributed by atoms with van der Waals surface area (Å²) in [5.41, 5.74) is 0. The first-order valence-corrected chi connectivity index (χ1v) is 5.66. The van der Waals surface area contributed by atoms with E-state index < -0.39 is 12.0 Å². The van der Waals surface area contributed by atoms with E-state index in [-0.39, 0.29) is 6.42 Å². The van der Waals surface area contributed by atoms with Crippen LogP contribution in [0.1, 0.15) is 44.9 Å². The highest BCUT2D eigenvalue weighted by Crippen LogP contribution is 2.17. The van der Waals surface area contributed by atoms with Gasteiger partial charge in [0, 0.05) is 12.5 Å². The van der Waals surface area contributed by atoms with Crippen LogP contribution in [0.3, 0.4) is 0 Å². The smallest absolute Gasteiger partial charge is 0.321 e. The Morgan fingerprint density at radius 3 is 2.47 bits per heavy atom. The molecule has 0 heterocycles. The topological polar surface area (TPSA) is 49.3 Å². The van der Waals surface area contributed by atoms with E-state index in [0.29, 0.717) is 6.04 Å². The van der Waals surface area contributed by atoms with E-state index in [1.165, 1.54) is 25.7 Å². The molecule has 0 aromatic carbocycles. The summed E-state index contributed by atoms with van der Waals surface area (Å²) in [5, 5.41) is 12.1. The van der Waals surface area contributed by atoms with Crippen LogP contribution in [0.4, 0.5) is 0 Å². The van der Waals surface area contributed by atoms with Gasteiger partial charge in [-0.25, -0.2) is 0 Å². The van der Waals surface area contributed by atoms with Gasteiger partial charge < -0.3 is 10.4 Å². The van der Waals surface area contributed by atoms with E-state index in [0.717, 1.165) is 12.8 Å². The lowest BCUT2D eigenvalue weighted by Gasteiger charge is -2.20. The molecule has 1 aliphatic carbocycles. The summed E-state index contributed by atoms with van der Waals surface area (Å²) >= 11 is 0. The Labute approximate surface area is 91.3 Å². The molecule has 1 saturated carbocycles. The molecule has 0 aromatic heterocycles. The number of carboxylic acid groups (broad SMARTS) is 1. The highest BCUT2D eigenvalue weighted by molar-refractivity contribution is 5.73. The summed E-state index contributed by atoms with van der Waals surface area (Å²) in [4.78, 5) is 10.9. The molecular formula is C12H19NO2. The predicted molar refractivity (Wildman–Crippen MR) is 59.5 cm³/mol. The van der Waals surface area contributed by atoms with Crippen molar-refractivity contribution in [3.63, 3.8) is 0 Å². The van der Waals surface area contributed by atoms with Crippen LogP contribution in [-0.2, 0) is 4.79 Å². The third kappa shape index (κ3) is 4.35.